The van der Waals surface area contributed by atoms with Gasteiger partial charge in [0, 0.05) is 6.54 Å². The average molecular weight is 367 g/mol. The molecule has 0 spiro atoms. The Morgan fingerprint density at radius 2 is 1.76 bits per heavy atom. The molecule has 0 aliphatic rings. The Hall–Kier alpha value is -2.12. The molecule has 136 valence electrons. The lowest BCUT2D eigenvalue weighted by Crippen LogP contribution is -2.25. The molecule has 0 aliphatic carbocycles. The van der Waals surface area contributed by atoms with Crippen LogP contribution in [0.15, 0.2) is 41.3 Å². The first-order valence-corrected chi connectivity index (χ1v) is 9.32. The molecule has 2 aromatic carbocycles. The van der Waals surface area contributed by atoms with Gasteiger partial charge in [0.25, 0.3) is 0 Å². The van der Waals surface area contributed by atoms with Crippen molar-refractivity contribution in [3.8, 4) is 11.5 Å². The molecule has 25 heavy (non-hydrogen) atoms. The highest BCUT2D eigenvalue weighted by molar-refractivity contribution is 7.89. The summed E-state index contributed by atoms with van der Waals surface area (Å²) in [6, 6.07) is 9.36. The van der Waals surface area contributed by atoms with E-state index in [1.165, 1.54) is 19.1 Å². The van der Waals surface area contributed by atoms with Crippen molar-refractivity contribution in [1.82, 2.24) is 4.72 Å². The van der Waals surface area contributed by atoms with Crippen molar-refractivity contribution in [2.45, 2.75) is 24.7 Å². The Kier molecular flexibility index (Phi) is 6.39. The van der Waals surface area contributed by atoms with Crippen LogP contribution in [0.3, 0.4) is 0 Å². The van der Waals surface area contributed by atoms with Gasteiger partial charge in [0.05, 0.1) is 19.1 Å². The first-order valence-electron chi connectivity index (χ1n) is 7.84. The predicted octanol–water partition coefficient (Wildman–Crippen LogP) is 3.06. The lowest BCUT2D eigenvalue weighted by atomic mass is 10.1. The van der Waals surface area contributed by atoms with Gasteiger partial charge in [-0.2, -0.15) is 0 Å². The van der Waals surface area contributed by atoms with Gasteiger partial charge in [0.1, 0.15) is 5.82 Å². The number of sulfonamides is 1. The molecule has 0 heterocycles. The van der Waals surface area contributed by atoms with Gasteiger partial charge in [-0.1, -0.05) is 6.07 Å². The third-order valence-electron chi connectivity index (χ3n) is 3.82. The first kappa shape index (κ1) is 19.2. The van der Waals surface area contributed by atoms with Crippen molar-refractivity contribution in [3.05, 3.63) is 53.3 Å². The van der Waals surface area contributed by atoms with E-state index in [0.29, 0.717) is 29.9 Å². The largest absolute Gasteiger partial charge is 0.493 e. The molecule has 0 saturated carbocycles. The number of hydrogen-bond donors (Lipinski definition) is 1. The number of ether oxygens (including phenoxy) is 2. The molecule has 0 aromatic heterocycles. The molecule has 2 rings (SSSR count). The van der Waals surface area contributed by atoms with E-state index in [1.807, 2.05) is 18.2 Å². The van der Waals surface area contributed by atoms with Crippen molar-refractivity contribution >= 4 is 10.0 Å². The van der Waals surface area contributed by atoms with Crippen LogP contribution in [0.1, 0.15) is 17.5 Å². The standard InChI is InChI=1S/C18H22FNO4S/c1-13-11-15(7-8-16(13)19)25(21,22)20-10-4-5-14-6-9-17(23-2)18(12-14)24-3/h6-9,11-12,20H,4-5,10H2,1-3H3. The summed E-state index contributed by atoms with van der Waals surface area (Å²) in [6.45, 7) is 1.82. The van der Waals surface area contributed by atoms with Crippen LogP contribution >= 0.6 is 0 Å². The van der Waals surface area contributed by atoms with E-state index in [0.717, 1.165) is 11.6 Å². The molecule has 0 atom stereocenters. The summed E-state index contributed by atoms with van der Waals surface area (Å²) in [7, 11) is -0.496. The lowest BCUT2D eigenvalue weighted by molar-refractivity contribution is 0.354. The molecule has 0 bridgehead atoms. The van der Waals surface area contributed by atoms with Gasteiger partial charge in [-0.25, -0.2) is 17.5 Å². The van der Waals surface area contributed by atoms with Gasteiger partial charge in [-0.3, -0.25) is 0 Å². The molecule has 0 radical (unpaired) electrons. The highest BCUT2D eigenvalue weighted by atomic mass is 32.2. The maximum atomic E-state index is 13.3. The zero-order valence-corrected chi connectivity index (χ0v) is 15.3. The molecule has 0 unspecified atom stereocenters. The third-order valence-corrected chi connectivity index (χ3v) is 5.28. The van der Waals surface area contributed by atoms with E-state index in [1.54, 1.807) is 14.2 Å². The van der Waals surface area contributed by atoms with Crippen LogP contribution in [0.4, 0.5) is 4.39 Å². The Balaban J connectivity index is 1.93. The van der Waals surface area contributed by atoms with Gasteiger partial charge < -0.3 is 9.47 Å². The maximum absolute atomic E-state index is 13.3. The topological polar surface area (TPSA) is 64.6 Å². The van der Waals surface area contributed by atoms with Crippen molar-refractivity contribution in [3.63, 3.8) is 0 Å². The average Bonchev–Trinajstić information content (AvgIpc) is 2.60. The number of nitrogens with one attached hydrogen (secondary N) is 1. The van der Waals surface area contributed by atoms with Crippen molar-refractivity contribution in [2.75, 3.05) is 20.8 Å². The number of hydrogen-bond acceptors (Lipinski definition) is 4. The molecular formula is C18H22FNO4S. The normalized spacial score (nSPS) is 11.4. The SMILES string of the molecule is COc1ccc(CCCNS(=O)(=O)c2ccc(F)c(C)c2)cc1OC. The Morgan fingerprint density at radius 3 is 2.40 bits per heavy atom. The molecule has 7 heteroatoms. The molecule has 5 nitrogen and oxygen atoms in total. The quantitative estimate of drug-likeness (QED) is 0.729. The van der Waals surface area contributed by atoms with Gasteiger partial charge in [-0.05, 0) is 61.2 Å². The molecule has 0 fully saturated rings. The Bertz CT molecular complexity index is 837. The Labute approximate surface area is 147 Å². The summed E-state index contributed by atoms with van der Waals surface area (Å²) in [5.74, 6) is 0.869. The minimum absolute atomic E-state index is 0.0671. The van der Waals surface area contributed by atoms with E-state index >= 15 is 0 Å². The van der Waals surface area contributed by atoms with E-state index < -0.39 is 15.8 Å². The zero-order chi connectivity index (χ0) is 18.4. The number of halogens is 1. The summed E-state index contributed by atoms with van der Waals surface area (Å²) in [5.41, 5.74) is 1.32. The van der Waals surface area contributed by atoms with Crippen molar-refractivity contribution in [1.29, 1.82) is 0 Å². The fourth-order valence-corrected chi connectivity index (χ4v) is 3.56. The van der Waals surface area contributed by atoms with E-state index in [9.17, 15) is 12.8 Å². The van der Waals surface area contributed by atoms with Gasteiger partial charge in [-0.15, -0.1) is 0 Å². The molecule has 1 N–H and O–H groups in total. The smallest absolute Gasteiger partial charge is 0.240 e. The Morgan fingerprint density at radius 1 is 1.04 bits per heavy atom. The minimum Gasteiger partial charge on any atom is -0.493 e. The number of rotatable bonds is 8. The molecule has 0 saturated heterocycles. The van der Waals surface area contributed by atoms with Crippen molar-refractivity contribution < 1.29 is 22.3 Å². The third kappa shape index (κ3) is 4.93. The minimum atomic E-state index is -3.64. The zero-order valence-electron chi connectivity index (χ0n) is 14.5. The monoisotopic (exact) mass is 367 g/mol. The van der Waals surface area contributed by atoms with Gasteiger partial charge in [0.15, 0.2) is 11.5 Å². The predicted molar refractivity (Wildman–Crippen MR) is 94.2 cm³/mol. The van der Waals surface area contributed by atoms with Gasteiger partial charge in [0.2, 0.25) is 10.0 Å². The van der Waals surface area contributed by atoms with Crippen molar-refractivity contribution in [2.24, 2.45) is 0 Å². The summed E-state index contributed by atoms with van der Waals surface area (Å²) in [4.78, 5) is 0.0671. The van der Waals surface area contributed by atoms with E-state index in [4.69, 9.17) is 9.47 Å². The maximum Gasteiger partial charge on any atom is 0.240 e. The number of methoxy groups -OCH3 is 2. The van der Waals surface area contributed by atoms with Crippen LogP contribution in [0.5, 0.6) is 11.5 Å². The van der Waals surface area contributed by atoms with Crippen LogP contribution < -0.4 is 14.2 Å². The van der Waals surface area contributed by atoms with Crippen LogP contribution in [0.25, 0.3) is 0 Å². The van der Waals surface area contributed by atoms with Gasteiger partial charge >= 0.3 is 0 Å². The second-order valence-corrected chi connectivity index (χ2v) is 7.37. The van der Waals surface area contributed by atoms with Crippen LogP contribution in [0, 0.1) is 12.7 Å². The molecule has 2 aromatic rings. The number of benzene rings is 2. The summed E-state index contributed by atoms with van der Waals surface area (Å²) >= 11 is 0. The molecule has 0 amide bonds. The summed E-state index contributed by atoms with van der Waals surface area (Å²) < 4.78 is 50.7. The second kappa shape index (κ2) is 8.31. The lowest BCUT2D eigenvalue weighted by Gasteiger charge is -2.10. The van der Waals surface area contributed by atoms with Crippen LogP contribution in [0.2, 0.25) is 0 Å². The van der Waals surface area contributed by atoms with E-state index in [-0.39, 0.29) is 11.4 Å². The summed E-state index contributed by atoms with van der Waals surface area (Å²) in [6.07, 6.45) is 1.31. The first-order chi connectivity index (χ1) is 11.9. The molecule has 0 aliphatic heterocycles. The second-order valence-electron chi connectivity index (χ2n) is 5.60. The van der Waals surface area contributed by atoms with Crippen LogP contribution in [-0.4, -0.2) is 29.2 Å². The fraction of sp³-hybridized carbons (Fsp3) is 0.333. The highest BCUT2D eigenvalue weighted by Crippen LogP contribution is 2.27. The fourth-order valence-electron chi connectivity index (χ4n) is 2.40. The highest BCUT2D eigenvalue weighted by Gasteiger charge is 2.14. The molecular weight excluding hydrogens is 345 g/mol. The van der Waals surface area contributed by atoms with Crippen LogP contribution in [-0.2, 0) is 16.4 Å². The van der Waals surface area contributed by atoms with E-state index in [2.05, 4.69) is 4.72 Å². The summed E-state index contributed by atoms with van der Waals surface area (Å²) in [5, 5.41) is 0. The number of aryl methyl sites for hydroxylation is 2.